The zero-order valence-electron chi connectivity index (χ0n) is 15.6. The van der Waals surface area contributed by atoms with Crippen LogP contribution in [0.4, 0.5) is 0 Å². The molecule has 1 rings (SSSR count). The summed E-state index contributed by atoms with van der Waals surface area (Å²) in [6.45, 7) is 6.83. The fourth-order valence-corrected chi connectivity index (χ4v) is 2.06. The van der Waals surface area contributed by atoms with E-state index in [1.54, 1.807) is 12.1 Å². The highest BCUT2D eigenvalue weighted by atomic mass is 16.5. The smallest absolute Gasteiger partial charge is 0.342 e. The van der Waals surface area contributed by atoms with Gasteiger partial charge in [0, 0.05) is 12.6 Å². The Bertz CT molecular complexity index is 649. The van der Waals surface area contributed by atoms with Crippen molar-refractivity contribution < 1.29 is 23.9 Å². The summed E-state index contributed by atoms with van der Waals surface area (Å²) in [6, 6.07) is 5.10. The second kappa shape index (κ2) is 8.50. The van der Waals surface area contributed by atoms with Crippen molar-refractivity contribution >= 4 is 17.8 Å². The molecule has 0 aliphatic rings. The van der Waals surface area contributed by atoms with Gasteiger partial charge in [0.2, 0.25) is 5.91 Å². The van der Waals surface area contributed by atoms with Crippen LogP contribution in [0.3, 0.4) is 0 Å². The first-order chi connectivity index (χ1) is 11.5. The van der Waals surface area contributed by atoms with Crippen LogP contribution in [0.15, 0.2) is 18.2 Å². The van der Waals surface area contributed by atoms with Crippen molar-refractivity contribution in [3.05, 3.63) is 29.3 Å². The number of methoxy groups -OCH3 is 1. The largest absolute Gasteiger partial charge is 0.496 e. The first-order valence-corrected chi connectivity index (χ1v) is 7.90. The molecule has 7 nitrogen and oxygen atoms in total. The van der Waals surface area contributed by atoms with E-state index in [2.05, 4.69) is 5.32 Å². The molecule has 0 aromatic heterocycles. The van der Waals surface area contributed by atoms with Crippen LogP contribution in [0.2, 0.25) is 0 Å². The number of hydrogen-bond donors (Lipinski definition) is 1. The Morgan fingerprint density at radius 2 is 1.84 bits per heavy atom. The third-order valence-electron chi connectivity index (χ3n) is 3.22. The number of ether oxygens (including phenoxy) is 2. The minimum absolute atomic E-state index is 0.110. The number of carbonyl (C=O) groups is 3. The molecule has 0 atom stereocenters. The van der Waals surface area contributed by atoms with Crippen LogP contribution >= 0.6 is 0 Å². The number of nitrogens with one attached hydrogen (secondary N) is 1. The van der Waals surface area contributed by atoms with Crippen molar-refractivity contribution in [2.45, 2.75) is 33.2 Å². The minimum Gasteiger partial charge on any atom is -0.496 e. The standard InChI is InChI=1S/C18H26N2O5/c1-12-7-8-14(24-6)13(9-12)17(23)25-11-16(22)20(5)10-15(21)19-18(2,3)4/h7-9H,10-11H2,1-6H3,(H,19,21). The fraction of sp³-hybridized carbons (Fsp3) is 0.500. The van der Waals surface area contributed by atoms with Crippen molar-refractivity contribution in [1.29, 1.82) is 0 Å². The monoisotopic (exact) mass is 350 g/mol. The van der Waals surface area contributed by atoms with Crippen molar-refractivity contribution in [2.24, 2.45) is 0 Å². The van der Waals surface area contributed by atoms with Crippen LogP contribution in [0.25, 0.3) is 0 Å². The van der Waals surface area contributed by atoms with Gasteiger partial charge in [-0.1, -0.05) is 11.6 Å². The lowest BCUT2D eigenvalue weighted by Gasteiger charge is -2.23. The topological polar surface area (TPSA) is 84.9 Å². The molecular formula is C18H26N2O5. The van der Waals surface area contributed by atoms with Crippen LogP contribution < -0.4 is 10.1 Å². The van der Waals surface area contributed by atoms with E-state index in [1.807, 2.05) is 33.8 Å². The SMILES string of the molecule is COc1ccc(C)cc1C(=O)OCC(=O)N(C)CC(=O)NC(C)(C)C. The molecule has 0 aliphatic carbocycles. The molecule has 0 unspecified atom stereocenters. The predicted octanol–water partition coefficient (Wildman–Crippen LogP) is 1.53. The fourth-order valence-electron chi connectivity index (χ4n) is 2.06. The summed E-state index contributed by atoms with van der Waals surface area (Å²) in [6.07, 6.45) is 0. The van der Waals surface area contributed by atoms with Gasteiger partial charge in [-0.25, -0.2) is 4.79 Å². The highest BCUT2D eigenvalue weighted by molar-refractivity contribution is 5.94. The number of hydrogen-bond acceptors (Lipinski definition) is 5. The molecule has 0 spiro atoms. The normalized spacial score (nSPS) is 10.8. The number of nitrogens with zero attached hydrogens (tertiary/aromatic N) is 1. The molecule has 1 aromatic rings. The summed E-state index contributed by atoms with van der Waals surface area (Å²) in [5.74, 6) is -1.03. The van der Waals surface area contributed by atoms with Gasteiger partial charge < -0.3 is 19.7 Å². The van der Waals surface area contributed by atoms with E-state index in [0.717, 1.165) is 5.56 Å². The molecule has 0 saturated carbocycles. The molecule has 1 aromatic carbocycles. The summed E-state index contributed by atoms with van der Waals surface area (Å²) in [5.41, 5.74) is 0.744. The van der Waals surface area contributed by atoms with Gasteiger partial charge in [0.1, 0.15) is 11.3 Å². The van der Waals surface area contributed by atoms with Gasteiger partial charge in [0.15, 0.2) is 6.61 Å². The second-order valence-corrected chi connectivity index (χ2v) is 6.83. The number of esters is 1. The summed E-state index contributed by atoms with van der Waals surface area (Å²) < 4.78 is 10.2. The number of carbonyl (C=O) groups excluding carboxylic acids is 3. The first kappa shape index (κ1) is 20.5. The molecular weight excluding hydrogens is 324 g/mol. The maximum Gasteiger partial charge on any atom is 0.342 e. The van der Waals surface area contributed by atoms with Crippen molar-refractivity contribution in [3.63, 3.8) is 0 Å². The molecule has 1 N–H and O–H groups in total. The molecule has 0 saturated heterocycles. The van der Waals surface area contributed by atoms with Crippen LogP contribution in [0.5, 0.6) is 5.75 Å². The third-order valence-corrected chi connectivity index (χ3v) is 3.22. The molecule has 2 amide bonds. The van der Waals surface area contributed by atoms with E-state index in [9.17, 15) is 14.4 Å². The van der Waals surface area contributed by atoms with Gasteiger partial charge in [-0.3, -0.25) is 9.59 Å². The van der Waals surface area contributed by atoms with Crippen LogP contribution in [0, 0.1) is 6.92 Å². The molecule has 138 valence electrons. The van der Waals surface area contributed by atoms with Gasteiger partial charge in [-0.2, -0.15) is 0 Å². The van der Waals surface area contributed by atoms with E-state index >= 15 is 0 Å². The first-order valence-electron chi connectivity index (χ1n) is 7.90. The quantitative estimate of drug-likeness (QED) is 0.787. The van der Waals surface area contributed by atoms with Crippen molar-refractivity contribution in [1.82, 2.24) is 10.2 Å². The summed E-state index contributed by atoms with van der Waals surface area (Å²) in [7, 11) is 2.93. The number of benzene rings is 1. The lowest BCUT2D eigenvalue weighted by molar-refractivity contribution is -0.137. The summed E-state index contributed by atoms with van der Waals surface area (Å²) >= 11 is 0. The maximum atomic E-state index is 12.2. The zero-order chi connectivity index (χ0) is 19.2. The van der Waals surface area contributed by atoms with Gasteiger partial charge in [0.05, 0.1) is 13.7 Å². The molecule has 0 radical (unpaired) electrons. The van der Waals surface area contributed by atoms with E-state index in [0.29, 0.717) is 5.75 Å². The molecule has 0 heterocycles. The summed E-state index contributed by atoms with van der Waals surface area (Å²) in [4.78, 5) is 37.2. The number of likely N-dealkylation sites (N-methyl/N-ethyl adjacent to an activating group) is 1. The number of rotatable bonds is 6. The lowest BCUT2D eigenvalue weighted by Crippen LogP contribution is -2.46. The lowest BCUT2D eigenvalue weighted by atomic mass is 10.1. The van der Waals surface area contributed by atoms with Gasteiger partial charge in [-0.15, -0.1) is 0 Å². The van der Waals surface area contributed by atoms with Crippen LogP contribution in [0.1, 0.15) is 36.7 Å². The van der Waals surface area contributed by atoms with Crippen LogP contribution in [-0.2, 0) is 14.3 Å². The Morgan fingerprint density at radius 3 is 2.40 bits per heavy atom. The Hall–Kier alpha value is -2.57. The minimum atomic E-state index is -0.651. The molecule has 7 heteroatoms. The number of aryl methyl sites for hydroxylation is 1. The van der Waals surface area contributed by atoms with Crippen molar-refractivity contribution in [2.75, 3.05) is 27.3 Å². The molecule has 0 fully saturated rings. The van der Waals surface area contributed by atoms with Gasteiger partial charge >= 0.3 is 5.97 Å². The Balaban J connectivity index is 2.60. The zero-order valence-corrected chi connectivity index (χ0v) is 15.6. The van der Waals surface area contributed by atoms with E-state index in [-0.39, 0.29) is 23.6 Å². The van der Waals surface area contributed by atoms with E-state index in [4.69, 9.17) is 9.47 Å². The molecule has 0 aliphatic heterocycles. The van der Waals surface area contributed by atoms with E-state index < -0.39 is 18.5 Å². The Morgan fingerprint density at radius 1 is 1.20 bits per heavy atom. The highest BCUT2D eigenvalue weighted by Crippen LogP contribution is 2.20. The van der Waals surface area contributed by atoms with Gasteiger partial charge in [-0.05, 0) is 39.8 Å². The molecule has 25 heavy (non-hydrogen) atoms. The van der Waals surface area contributed by atoms with Gasteiger partial charge in [0.25, 0.3) is 5.91 Å². The van der Waals surface area contributed by atoms with Crippen LogP contribution in [-0.4, -0.2) is 55.5 Å². The second-order valence-electron chi connectivity index (χ2n) is 6.83. The third kappa shape index (κ3) is 6.82. The average molecular weight is 350 g/mol. The highest BCUT2D eigenvalue weighted by Gasteiger charge is 2.20. The maximum absolute atomic E-state index is 12.2. The van der Waals surface area contributed by atoms with E-state index in [1.165, 1.54) is 19.1 Å². The average Bonchev–Trinajstić information content (AvgIpc) is 2.50. The molecule has 0 bridgehead atoms. The Labute approximate surface area is 148 Å². The number of amides is 2. The van der Waals surface area contributed by atoms with Crippen molar-refractivity contribution in [3.8, 4) is 5.75 Å². The summed E-state index contributed by atoms with van der Waals surface area (Å²) in [5, 5.41) is 2.76. The Kier molecular flexibility index (Phi) is 6.97. The predicted molar refractivity (Wildman–Crippen MR) is 93.5 cm³/mol.